The number of nitrogens with one attached hydrogen (secondary N) is 1. The second kappa shape index (κ2) is 10.6. The Labute approximate surface area is 239 Å². The maximum Gasteiger partial charge on any atom is 0.261 e. The molecule has 8 nitrogen and oxygen atoms in total. The van der Waals surface area contributed by atoms with Crippen LogP contribution < -0.4 is 10.9 Å². The van der Waals surface area contributed by atoms with Gasteiger partial charge < -0.3 is 10.2 Å². The van der Waals surface area contributed by atoms with E-state index in [9.17, 15) is 14.4 Å². The number of carbonyl (C=O) groups is 2. The summed E-state index contributed by atoms with van der Waals surface area (Å²) in [5, 5.41) is 6.85. The third-order valence-electron chi connectivity index (χ3n) is 7.43. The van der Waals surface area contributed by atoms with Gasteiger partial charge in [-0.2, -0.15) is 4.39 Å². The molecule has 10 heteroatoms. The van der Waals surface area contributed by atoms with Crippen LogP contribution in [0.15, 0.2) is 51.7 Å². The summed E-state index contributed by atoms with van der Waals surface area (Å²) in [4.78, 5) is 41.6. The van der Waals surface area contributed by atoms with Crippen molar-refractivity contribution in [3.8, 4) is 5.69 Å². The van der Waals surface area contributed by atoms with Gasteiger partial charge in [-0.05, 0) is 80.6 Å². The van der Waals surface area contributed by atoms with Crippen LogP contribution in [0.2, 0.25) is 0 Å². The number of rotatable bonds is 5. The molecule has 40 heavy (non-hydrogen) atoms. The number of hydrogen-bond acceptors (Lipinski definition) is 4. The third-order valence-corrected chi connectivity index (χ3v) is 8.32. The molecule has 1 aliphatic rings. The van der Waals surface area contributed by atoms with E-state index in [0.717, 1.165) is 10.0 Å². The average Bonchev–Trinajstić information content (AvgIpc) is 3.24. The number of fused-ring (bicyclic) bond motifs is 3. The molecule has 3 heterocycles. The fraction of sp³-hybridized carbons (Fsp3) is 0.333. The summed E-state index contributed by atoms with van der Waals surface area (Å²) in [6.07, 6.45) is 0.670. The second-order valence-corrected chi connectivity index (χ2v) is 11.6. The molecule has 2 amide bonds. The summed E-state index contributed by atoms with van der Waals surface area (Å²) in [6.45, 7) is 7.90. The molecule has 0 saturated heterocycles. The van der Waals surface area contributed by atoms with Gasteiger partial charge in [-0.1, -0.05) is 29.8 Å². The van der Waals surface area contributed by atoms with Gasteiger partial charge in [0.05, 0.1) is 23.5 Å². The predicted octanol–water partition coefficient (Wildman–Crippen LogP) is 4.84. The lowest BCUT2D eigenvalue weighted by atomic mass is 9.97. The quantitative estimate of drug-likeness (QED) is 0.351. The van der Waals surface area contributed by atoms with E-state index in [-0.39, 0.29) is 35.9 Å². The van der Waals surface area contributed by atoms with Crippen molar-refractivity contribution in [1.82, 2.24) is 24.4 Å². The lowest BCUT2D eigenvalue weighted by Gasteiger charge is -2.35. The molecule has 1 aliphatic heterocycles. The van der Waals surface area contributed by atoms with Crippen molar-refractivity contribution in [1.29, 1.82) is 0 Å². The van der Waals surface area contributed by atoms with Crippen molar-refractivity contribution in [2.24, 2.45) is 5.92 Å². The Bertz CT molecular complexity index is 1710. The van der Waals surface area contributed by atoms with E-state index in [0.29, 0.717) is 52.1 Å². The molecule has 0 bridgehead atoms. The summed E-state index contributed by atoms with van der Waals surface area (Å²) in [5.41, 5.74) is 3.83. The monoisotopic (exact) mass is 607 g/mol. The molecule has 208 valence electrons. The van der Waals surface area contributed by atoms with Crippen LogP contribution in [-0.2, 0) is 19.4 Å². The number of benzene rings is 2. The summed E-state index contributed by atoms with van der Waals surface area (Å²) in [7, 11) is 1.55. The Balaban J connectivity index is 1.70. The van der Waals surface area contributed by atoms with Crippen molar-refractivity contribution in [2.45, 2.75) is 53.1 Å². The third kappa shape index (κ3) is 4.74. The minimum Gasteiger partial charge on any atom is -0.355 e. The highest BCUT2D eigenvalue weighted by atomic mass is 79.9. The number of amides is 2. The van der Waals surface area contributed by atoms with Gasteiger partial charge in [-0.25, -0.2) is 4.52 Å². The molecule has 2 aromatic carbocycles. The Kier molecular flexibility index (Phi) is 7.39. The zero-order chi connectivity index (χ0) is 28.9. The largest absolute Gasteiger partial charge is 0.355 e. The highest BCUT2D eigenvalue weighted by molar-refractivity contribution is 9.10. The first kappa shape index (κ1) is 27.8. The molecule has 0 saturated carbocycles. The van der Waals surface area contributed by atoms with E-state index in [1.165, 1.54) is 9.08 Å². The molecule has 2 aromatic heterocycles. The van der Waals surface area contributed by atoms with Gasteiger partial charge in [-0.3, -0.25) is 19.0 Å². The molecule has 0 aliphatic carbocycles. The lowest BCUT2D eigenvalue weighted by molar-refractivity contribution is 0.0650. The topological polar surface area (TPSA) is 88.7 Å². The summed E-state index contributed by atoms with van der Waals surface area (Å²) in [5.74, 6) is -0.940. The van der Waals surface area contributed by atoms with Crippen LogP contribution in [0, 0.1) is 18.8 Å². The zero-order valence-electron chi connectivity index (χ0n) is 23.1. The van der Waals surface area contributed by atoms with E-state index in [1.807, 2.05) is 39.8 Å². The highest BCUT2D eigenvalue weighted by Crippen LogP contribution is 2.29. The van der Waals surface area contributed by atoms with Crippen molar-refractivity contribution >= 4 is 33.4 Å². The lowest BCUT2D eigenvalue weighted by Crippen LogP contribution is -2.46. The van der Waals surface area contributed by atoms with Crippen molar-refractivity contribution < 1.29 is 14.0 Å². The first-order chi connectivity index (χ1) is 19.0. The fourth-order valence-electron chi connectivity index (χ4n) is 5.35. The maximum atomic E-state index is 15.5. The van der Waals surface area contributed by atoms with Crippen molar-refractivity contribution in [2.75, 3.05) is 7.05 Å². The van der Waals surface area contributed by atoms with Gasteiger partial charge in [0.1, 0.15) is 5.65 Å². The van der Waals surface area contributed by atoms with E-state index >= 15 is 4.39 Å². The minimum atomic E-state index is -0.641. The number of nitrogens with zero attached hydrogens (tertiary/aromatic N) is 4. The Morgan fingerprint density at radius 3 is 2.45 bits per heavy atom. The van der Waals surface area contributed by atoms with E-state index < -0.39 is 5.95 Å². The number of halogens is 2. The average molecular weight is 609 g/mol. The van der Waals surface area contributed by atoms with E-state index in [4.69, 9.17) is 0 Å². The van der Waals surface area contributed by atoms with Crippen LogP contribution in [0.25, 0.3) is 11.3 Å². The van der Waals surface area contributed by atoms with Crippen molar-refractivity contribution in [3.05, 3.63) is 96.7 Å². The molecular formula is C30H31BrFN5O3. The van der Waals surface area contributed by atoms with Gasteiger partial charge in [-0.15, -0.1) is 5.10 Å². The molecule has 0 unspecified atom stereocenters. The minimum absolute atomic E-state index is 0.108. The molecule has 5 rings (SSSR count). The van der Waals surface area contributed by atoms with Crippen LogP contribution >= 0.6 is 15.9 Å². The second-order valence-electron chi connectivity index (χ2n) is 10.7. The molecule has 1 atom stereocenters. The molecule has 0 fully saturated rings. The predicted molar refractivity (Wildman–Crippen MR) is 155 cm³/mol. The van der Waals surface area contributed by atoms with Gasteiger partial charge in [0.2, 0.25) is 5.95 Å². The number of aromatic nitrogens is 3. The first-order valence-electron chi connectivity index (χ1n) is 13.2. The number of hydrogen-bond donors (Lipinski definition) is 1. The molecule has 1 N–H and O–H groups in total. The fourth-order valence-corrected chi connectivity index (χ4v) is 5.60. The van der Waals surface area contributed by atoms with Gasteiger partial charge in [0.25, 0.3) is 17.4 Å². The summed E-state index contributed by atoms with van der Waals surface area (Å²) < 4.78 is 19.4. The van der Waals surface area contributed by atoms with Gasteiger partial charge in [0, 0.05) is 34.3 Å². The highest BCUT2D eigenvalue weighted by Gasteiger charge is 2.34. The van der Waals surface area contributed by atoms with Crippen molar-refractivity contribution in [3.63, 3.8) is 0 Å². The van der Waals surface area contributed by atoms with Crippen LogP contribution in [0.1, 0.15) is 63.9 Å². The number of carbonyl (C=O) groups excluding carboxylic acids is 2. The maximum absolute atomic E-state index is 15.5. The van der Waals surface area contributed by atoms with Gasteiger partial charge >= 0.3 is 0 Å². The Morgan fingerprint density at radius 1 is 1.15 bits per heavy atom. The normalized spacial score (nSPS) is 15.0. The molecular weight excluding hydrogens is 577 g/mol. The summed E-state index contributed by atoms with van der Waals surface area (Å²) in [6, 6.07) is 11.8. The number of aryl methyl sites for hydroxylation is 1. The SMILES string of the molecule is CNC(=O)c1ccc(-n2c(=O)c3c(n4nc(F)c(CC(C)C)c24)CN(C(=O)c2ccc(Br)c(C)c2)[C@@H](C)C3)cc1. The van der Waals surface area contributed by atoms with Gasteiger partial charge in [0.15, 0.2) is 0 Å². The van der Waals surface area contributed by atoms with Crippen LogP contribution in [0.5, 0.6) is 0 Å². The standard InChI is InChI=1S/C30H31BrFN5O3/c1-16(2)12-23-26(32)34-37-25-15-35(29(39)20-8-11-24(31)17(3)13-20)18(4)14-22(25)30(40)36(28(23)37)21-9-6-19(7-10-21)27(38)33-5/h6-11,13,16,18H,12,14-15H2,1-5H3,(H,33,38)/t18-/m0/s1. The smallest absolute Gasteiger partial charge is 0.261 e. The summed E-state index contributed by atoms with van der Waals surface area (Å²) >= 11 is 3.48. The van der Waals surface area contributed by atoms with Crippen LogP contribution in [0.3, 0.4) is 0 Å². The molecule has 0 spiro atoms. The van der Waals surface area contributed by atoms with E-state index in [2.05, 4.69) is 26.3 Å². The van der Waals surface area contributed by atoms with Crippen LogP contribution in [-0.4, -0.2) is 44.0 Å². The molecule has 4 aromatic rings. The zero-order valence-corrected chi connectivity index (χ0v) is 24.7. The Morgan fingerprint density at radius 2 is 1.82 bits per heavy atom. The first-order valence-corrected chi connectivity index (χ1v) is 14.0. The molecule has 0 radical (unpaired) electrons. The van der Waals surface area contributed by atoms with E-state index in [1.54, 1.807) is 42.3 Å². The Hall–Kier alpha value is -3.79. The van der Waals surface area contributed by atoms with Crippen LogP contribution in [0.4, 0.5) is 4.39 Å².